The molecule has 0 saturated heterocycles. The number of nitro groups is 1. The lowest BCUT2D eigenvalue weighted by molar-refractivity contribution is -0.384. The van der Waals surface area contributed by atoms with E-state index in [0.29, 0.717) is 27.0 Å². The Hall–Kier alpha value is -3.64. The largest absolute Gasteiger partial charge is 0.465 e. The Morgan fingerprint density at radius 3 is 2.85 bits per heavy atom. The Morgan fingerprint density at radius 1 is 1.35 bits per heavy atom. The zero-order chi connectivity index (χ0) is 18.5. The average Bonchev–Trinajstić information content (AvgIpc) is 3.27. The summed E-state index contributed by atoms with van der Waals surface area (Å²) < 4.78 is 5.21. The Balaban J connectivity index is 1.92. The van der Waals surface area contributed by atoms with Gasteiger partial charge in [0.05, 0.1) is 22.5 Å². The third kappa shape index (κ3) is 3.71. The first-order chi connectivity index (χ1) is 12.6. The number of benzene rings is 1. The highest BCUT2D eigenvalue weighted by Crippen LogP contribution is 2.34. The molecule has 0 amide bonds. The number of hydrogen-bond acceptors (Lipinski definition) is 8. The van der Waals surface area contributed by atoms with E-state index in [1.807, 2.05) is 0 Å². The number of nitro benzene ring substituents is 1. The van der Waals surface area contributed by atoms with Crippen molar-refractivity contribution in [3.8, 4) is 6.07 Å². The molecule has 0 aliphatic carbocycles. The van der Waals surface area contributed by atoms with Gasteiger partial charge in [0.25, 0.3) is 5.69 Å². The third-order valence-electron chi connectivity index (χ3n) is 3.28. The summed E-state index contributed by atoms with van der Waals surface area (Å²) in [6, 6.07) is 11.6. The lowest BCUT2D eigenvalue weighted by Crippen LogP contribution is -1.86. The van der Waals surface area contributed by atoms with E-state index < -0.39 is 4.92 Å². The van der Waals surface area contributed by atoms with Crippen LogP contribution in [0.3, 0.4) is 0 Å². The molecular weight excluding hydrogens is 354 g/mol. The van der Waals surface area contributed by atoms with Gasteiger partial charge in [0.1, 0.15) is 16.8 Å². The Morgan fingerprint density at radius 2 is 2.15 bits per heavy atom. The molecule has 0 unspecified atom stereocenters. The predicted octanol–water partition coefficient (Wildman–Crippen LogP) is 5.43. The van der Waals surface area contributed by atoms with Gasteiger partial charge in [0.2, 0.25) is 0 Å². The van der Waals surface area contributed by atoms with Crippen molar-refractivity contribution >= 4 is 39.4 Å². The van der Waals surface area contributed by atoms with Crippen LogP contribution in [-0.2, 0) is 0 Å². The molecule has 2 aromatic heterocycles. The van der Waals surface area contributed by atoms with Crippen LogP contribution in [0.2, 0.25) is 0 Å². The first kappa shape index (κ1) is 17.2. The van der Waals surface area contributed by atoms with Crippen molar-refractivity contribution in [1.29, 1.82) is 5.26 Å². The summed E-state index contributed by atoms with van der Waals surface area (Å²) >= 11 is 1.17. The molecule has 0 atom stereocenters. The molecule has 0 saturated carbocycles. The van der Waals surface area contributed by atoms with Crippen LogP contribution in [-0.4, -0.2) is 9.91 Å². The van der Waals surface area contributed by atoms with E-state index in [4.69, 9.17) is 4.42 Å². The summed E-state index contributed by atoms with van der Waals surface area (Å²) in [5, 5.41) is 29.4. The fourth-order valence-electron chi connectivity index (χ4n) is 2.06. The SMILES string of the molecule is Cc1nc(/C(C#N)=C\c2ccco2)sc1N=Nc1ccccc1[N+](=O)[O-]. The number of nitriles is 1. The number of azo groups is 1. The molecule has 128 valence electrons. The van der Waals surface area contributed by atoms with Crippen LogP contribution in [0.15, 0.2) is 57.3 Å². The van der Waals surface area contributed by atoms with Crippen LogP contribution < -0.4 is 0 Å². The predicted molar refractivity (Wildman–Crippen MR) is 96.3 cm³/mol. The van der Waals surface area contributed by atoms with Crippen molar-refractivity contribution in [1.82, 2.24) is 4.98 Å². The molecule has 3 rings (SSSR count). The van der Waals surface area contributed by atoms with Crippen LogP contribution in [0.4, 0.5) is 16.4 Å². The van der Waals surface area contributed by atoms with Gasteiger partial charge in [-0.25, -0.2) is 4.98 Å². The molecule has 0 spiro atoms. The fourth-order valence-corrected chi connectivity index (χ4v) is 2.91. The number of hydrogen-bond donors (Lipinski definition) is 0. The van der Waals surface area contributed by atoms with Gasteiger partial charge in [-0.05, 0) is 25.1 Å². The van der Waals surface area contributed by atoms with Crippen molar-refractivity contribution < 1.29 is 9.34 Å². The second kappa shape index (κ2) is 7.50. The summed E-state index contributed by atoms with van der Waals surface area (Å²) in [6.45, 7) is 1.73. The van der Waals surface area contributed by atoms with Gasteiger partial charge in [0, 0.05) is 12.1 Å². The number of aromatic nitrogens is 1. The first-order valence-electron chi connectivity index (χ1n) is 7.36. The van der Waals surface area contributed by atoms with Gasteiger partial charge in [0.15, 0.2) is 10.7 Å². The number of allylic oxidation sites excluding steroid dienone is 1. The average molecular weight is 365 g/mol. The van der Waals surface area contributed by atoms with Crippen LogP contribution in [0, 0.1) is 28.4 Å². The summed E-state index contributed by atoms with van der Waals surface area (Å²) in [5.74, 6) is 0.539. The number of aryl methyl sites for hydroxylation is 1. The summed E-state index contributed by atoms with van der Waals surface area (Å²) in [7, 11) is 0. The lowest BCUT2D eigenvalue weighted by atomic mass is 10.2. The summed E-state index contributed by atoms with van der Waals surface area (Å²) in [5.41, 5.74) is 0.931. The van der Waals surface area contributed by atoms with Crippen molar-refractivity contribution in [2.75, 3.05) is 0 Å². The van der Waals surface area contributed by atoms with Crippen molar-refractivity contribution in [2.45, 2.75) is 6.92 Å². The molecule has 0 bridgehead atoms. The van der Waals surface area contributed by atoms with Crippen molar-refractivity contribution in [2.24, 2.45) is 10.2 Å². The molecular formula is C17H11N5O3S. The number of rotatable bonds is 5. The maximum Gasteiger partial charge on any atom is 0.296 e. The fraction of sp³-hybridized carbons (Fsp3) is 0.0588. The Bertz CT molecular complexity index is 1040. The van der Waals surface area contributed by atoms with Gasteiger partial charge in [-0.1, -0.05) is 23.5 Å². The molecule has 2 heterocycles. The molecule has 0 N–H and O–H groups in total. The van der Waals surface area contributed by atoms with Crippen LogP contribution in [0.5, 0.6) is 0 Å². The quantitative estimate of drug-likeness (QED) is 0.258. The number of furan rings is 1. The van der Waals surface area contributed by atoms with E-state index in [1.54, 1.807) is 37.3 Å². The zero-order valence-electron chi connectivity index (χ0n) is 13.5. The van der Waals surface area contributed by atoms with Crippen molar-refractivity contribution in [3.05, 3.63) is 69.2 Å². The highest BCUT2D eigenvalue weighted by Gasteiger charge is 2.14. The molecule has 1 aromatic carbocycles. The number of thiazole rings is 1. The number of nitrogens with zero attached hydrogens (tertiary/aromatic N) is 5. The Labute approximate surface area is 151 Å². The second-order valence-electron chi connectivity index (χ2n) is 5.04. The molecule has 0 aliphatic heterocycles. The summed E-state index contributed by atoms with van der Waals surface area (Å²) in [4.78, 5) is 14.8. The monoisotopic (exact) mass is 365 g/mol. The van der Waals surface area contributed by atoms with E-state index in [9.17, 15) is 15.4 Å². The normalized spacial score (nSPS) is 11.6. The minimum absolute atomic E-state index is 0.130. The zero-order valence-corrected chi connectivity index (χ0v) is 14.3. The molecule has 3 aromatic rings. The first-order valence-corrected chi connectivity index (χ1v) is 8.18. The van der Waals surface area contributed by atoms with E-state index in [0.717, 1.165) is 0 Å². The van der Waals surface area contributed by atoms with E-state index in [-0.39, 0.29) is 11.4 Å². The molecule has 26 heavy (non-hydrogen) atoms. The number of para-hydroxylation sites is 1. The summed E-state index contributed by atoms with van der Waals surface area (Å²) in [6.07, 6.45) is 3.10. The molecule has 0 fully saturated rings. The van der Waals surface area contributed by atoms with Gasteiger partial charge < -0.3 is 4.42 Å². The van der Waals surface area contributed by atoms with Gasteiger partial charge in [-0.3, -0.25) is 10.1 Å². The maximum absolute atomic E-state index is 11.0. The van der Waals surface area contributed by atoms with Gasteiger partial charge in [-0.15, -0.1) is 10.2 Å². The highest BCUT2D eigenvalue weighted by molar-refractivity contribution is 7.16. The van der Waals surface area contributed by atoms with E-state index in [2.05, 4.69) is 21.3 Å². The maximum atomic E-state index is 11.0. The van der Waals surface area contributed by atoms with Crippen LogP contribution >= 0.6 is 11.3 Å². The minimum Gasteiger partial charge on any atom is -0.465 e. The molecule has 0 radical (unpaired) electrons. The molecule has 9 heteroatoms. The minimum atomic E-state index is -0.515. The van der Waals surface area contributed by atoms with Crippen molar-refractivity contribution in [3.63, 3.8) is 0 Å². The molecule has 0 aliphatic rings. The van der Waals surface area contributed by atoms with E-state index in [1.165, 1.54) is 29.7 Å². The molecule has 8 nitrogen and oxygen atoms in total. The third-order valence-corrected chi connectivity index (χ3v) is 4.35. The lowest BCUT2D eigenvalue weighted by Gasteiger charge is -1.94. The Kier molecular flexibility index (Phi) is 4.96. The van der Waals surface area contributed by atoms with Crippen LogP contribution in [0.25, 0.3) is 11.6 Å². The van der Waals surface area contributed by atoms with Crippen LogP contribution in [0.1, 0.15) is 16.5 Å². The van der Waals surface area contributed by atoms with E-state index >= 15 is 0 Å². The smallest absolute Gasteiger partial charge is 0.296 e. The second-order valence-corrected chi connectivity index (χ2v) is 6.02. The van der Waals surface area contributed by atoms with Gasteiger partial charge in [-0.2, -0.15) is 5.26 Å². The van der Waals surface area contributed by atoms with Gasteiger partial charge >= 0.3 is 0 Å². The highest BCUT2D eigenvalue weighted by atomic mass is 32.1. The standard InChI is InChI=1S/C17H11N5O3S/c1-11-16(21-20-14-6-2-3-7-15(14)22(23)24)26-17(19-11)12(10-18)9-13-5-4-8-25-13/h2-9H,1H3/b12-9-,21-20?. The topological polar surface area (TPSA) is 118 Å².